The fourth-order valence-corrected chi connectivity index (χ4v) is 5.67. The molecule has 0 radical (unpaired) electrons. The first kappa shape index (κ1) is 32.3. The van der Waals surface area contributed by atoms with Crippen LogP contribution in [-0.4, -0.2) is 80.4 Å². The van der Waals surface area contributed by atoms with Gasteiger partial charge in [0.1, 0.15) is 17.5 Å². The van der Waals surface area contributed by atoms with Gasteiger partial charge in [0.05, 0.1) is 37.0 Å². The molecule has 0 aliphatic carbocycles. The van der Waals surface area contributed by atoms with E-state index in [1.165, 1.54) is 39.6 Å². The molecule has 1 aromatic heterocycles. The lowest BCUT2D eigenvalue weighted by Crippen LogP contribution is -2.47. The summed E-state index contributed by atoms with van der Waals surface area (Å²) in [4.78, 5) is 28.5. The Morgan fingerprint density at radius 1 is 1.07 bits per heavy atom. The molecule has 11 nitrogen and oxygen atoms in total. The van der Waals surface area contributed by atoms with Gasteiger partial charge in [0, 0.05) is 32.6 Å². The van der Waals surface area contributed by atoms with Gasteiger partial charge in [-0.25, -0.2) is 9.67 Å². The number of aliphatic carboxylic acids is 1. The Morgan fingerprint density at radius 3 is 2.35 bits per heavy atom. The van der Waals surface area contributed by atoms with Gasteiger partial charge in [0.25, 0.3) is 0 Å². The molecule has 1 aliphatic rings. The minimum absolute atomic E-state index is 0.162. The molecule has 3 aromatic rings. The predicted octanol–water partition coefficient (Wildman–Crippen LogP) is 4.84. The number of amides is 1. The van der Waals surface area contributed by atoms with E-state index in [-0.39, 0.29) is 49.4 Å². The van der Waals surface area contributed by atoms with E-state index in [1.807, 2.05) is 6.92 Å². The highest BCUT2D eigenvalue weighted by Crippen LogP contribution is 2.34. The monoisotopic (exact) mass is 624 g/mol. The molecule has 1 saturated heterocycles. The van der Waals surface area contributed by atoms with Gasteiger partial charge in [0.2, 0.25) is 5.91 Å². The highest BCUT2D eigenvalue weighted by Gasteiger charge is 2.39. The topological polar surface area (TPSA) is 125 Å². The number of ether oxygens (including phenoxy) is 4. The number of methoxy groups -OCH3 is 2. The van der Waals surface area contributed by atoms with E-state index < -0.39 is 17.8 Å². The first-order valence-corrected chi connectivity index (χ1v) is 14.1. The number of carboxylic acids is 1. The van der Waals surface area contributed by atoms with Gasteiger partial charge >= 0.3 is 12.3 Å². The number of rotatable bonds is 12. The predicted molar refractivity (Wildman–Crippen MR) is 149 cm³/mol. The van der Waals surface area contributed by atoms with Crippen LogP contribution in [0.1, 0.15) is 31.7 Å². The molecule has 15 heteroatoms. The van der Waals surface area contributed by atoms with Crippen molar-refractivity contribution in [2.24, 2.45) is 0 Å². The number of aromatic nitrogens is 3. The minimum atomic E-state index is -4.78. The average molecular weight is 625 g/mol. The van der Waals surface area contributed by atoms with E-state index in [0.29, 0.717) is 23.5 Å². The maximum absolute atomic E-state index is 13.1. The number of alkyl halides is 3. The SMILES string of the molecule is COC1C[C@@H](OC)C(SN(Cc2ccc(-c3ncn(-c4ccc(OC(F)(F)F)cc4)n3)cc2)C(=O)CCC(=O)O)O[C@H]1C. The van der Waals surface area contributed by atoms with Gasteiger partial charge in [-0.2, -0.15) is 0 Å². The van der Waals surface area contributed by atoms with Crippen LogP contribution >= 0.6 is 11.9 Å². The first-order valence-electron chi connectivity index (χ1n) is 13.2. The van der Waals surface area contributed by atoms with E-state index in [1.54, 1.807) is 38.5 Å². The van der Waals surface area contributed by atoms with Crippen LogP contribution in [0.2, 0.25) is 0 Å². The van der Waals surface area contributed by atoms with Gasteiger partial charge in [-0.05, 0) is 48.7 Å². The van der Waals surface area contributed by atoms with Crippen molar-refractivity contribution < 1.29 is 46.8 Å². The molecule has 0 saturated carbocycles. The third kappa shape index (κ3) is 8.92. The van der Waals surface area contributed by atoms with Gasteiger partial charge < -0.3 is 24.1 Å². The molecule has 2 heterocycles. The molecule has 1 fully saturated rings. The third-order valence-corrected chi connectivity index (χ3v) is 7.88. The molecule has 0 spiro atoms. The fraction of sp³-hybridized carbons (Fsp3) is 0.429. The number of benzene rings is 2. The normalized spacial score (nSPS) is 20.5. The molecule has 43 heavy (non-hydrogen) atoms. The number of hydrogen-bond acceptors (Lipinski definition) is 9. The zero-order valence-corrected chi connectivity index (χ0v) is 24.4. The van der Waals surface area contributed by atoms with Crippen molar-refractivity contribution in [3.8, 4) is 22.8 Å². The van der Waals surface area contributed by atoms with Gasteiger partial charge in [-0.15, -0.1) is 18.3 Å². The largest absolute Gasteiger partial charge is 0.573 e. The van der Waals surface area contributed by atoms with Gasteiger partial charge in [-0.1, -0.05) is 24.3 Å². The molecule has 1 aliphatic heterocycles. The van der Waals surface area contributed by atoms with E-state index in [2.05, 4.69) is 14.8 Å². The Balaban J connectivity index is 1.46. The molecular formula is C28H31F3N4O7S. The van der Waals surface area contributed by atoms with Crippen molar-refractivity contribution in [1.82, 2.24) is 19.1 Å². The lowest BCUT2D eigenvalue weighted by atomic mass is 10.0. The molecule has 2 unspecified atom stereocenters. The number of carboxylic acid groups (broad SMARTS) is 1. The van der Waals surface area contributed by atoms with Crippen molar-refractivity contribution in [3.63, 3.8) is 0 Å². The number of halogens is 3. The molecule has 4 atom stereocenters. The second-order valence-corrected chi connectivity index (χ2v) is 10.8. The molecule has 1 amide bonds. The summed E-state index contributed by atoms with van der Waals surface area (Å²) in [5.74, 6) is -1.39. The second-order valence-electron chi connectivity index (χ2n) is 9.67. The van der Waals surface area contributed by atoms with Crippen LogP contribution in [0.25, 0.3) is 17.1 Å². The maximum atomic E-state index is 13.1. The minimum Gasteiger partial charge on any atom is -0.481 e. The van der Waals surface area contributed by atoms with Crippen molar-refractivity contribution >= 4 is 23.8 Å². The summed E-state index contributed by atoms with van der Waals surface area (Å²) in [7, 11) is 3.16. The molecular weight excluding hydrogens is 593 g/mol. The number of hydrogen-bond donors (Lipinski definition) is 1. The van der Waals surface area contributed by atoms with Crippen LogP contribution in [-0.2, 0) is 30.3 Å². The third-order valence-electron chi connectivity index (χ3n) is 6.67. The van der Waals surface area contributed by atoms with E-state index >= 15 is 0 Å². The Bertz CT molecular complexity index is 1370. The van der Waals surface area contributed by atoms with Crippen molar-refractivity contribution in [2.75, 3.05) is 14.2 Å². The van der Waals surface area contributed by atoms with E-state index in [4.69, 9.17) is 19.3 Å². The van der Waals surface area contributed by atoms with Crippen molar-refractivity contribution in [3.05, 3.63) is 60.4 Å². The Labute approximate surface area is 250 Å². The highest BCUT2D eigenvalue weighted by molar-refractivity contribution is 7.98. The average Bonchev–Trinajstić information content (AvgIpc) is 3.46. The molecule has 4 rings (SSSR count). The quantitative estimate of drug-likeness (QED) is 0.280. The molecule has 0 bridgehead atoms. The van der Waals surface area contributed by atoms with Crippen LogP contribution in [0.4, 0.5) is 13.2 Å². The summed E-state index contributed by atoms with van der Waals surface area (Å²) in [6, 6.07) is 12.4. The summed E-state index contributed by atoms with van der Waals surface area (Å²) >= 11 is 1.16. The number of nitrogens with zero attached hydrogens (tertiary/aromatic N) is 4. The second kappa shape index (κ2) is 14.2. The van der Waals surface area contributed by atoms with Crippen LogP contribution in [0.5, 0.6) is 5.75 Å². The van der Waals surface area contributed by atoms with Gasteiger partial charge in [-0.3, -0.25) is 13.9 Å². The highest BCUT2D eigenvalue weighted by atomic mass is 32.2. The summed E-state index contributed by atoms with van der Waals surface area (Å²) in [6.45, 7) is 2.06. The van der Waals surface area contributed by atoms with Crippen molar-refractivity contribution in [1.29, 1.82) is 0 Å². The lowest BCUT2D eigenvalue weighted by molar-refractivity contribution is -0.274. The Morgan fingerprint density at radius 2 is 1.74 bits per heavy atom. The molecule has 2 aromatic carbocycles. The van der Waals surface area contributed by atoms with E-state index in [0.717, 1.165) is 17.5 Å². The summed E-state index contributed by atoms with van der Waals surface area (Å²) < 4.78 is 61.3. The first-order chi connectivity index (χ1) is 20.5. The summed E-state index contributed by atoms with van der Waals surface area (Å²) in [5.41, 5.74) is 1.42. The number of carbonyl (C=O) groups is 2. The van der Waals surface area contributed by atoms with Crippen LogP contribution in [0.15, 0.2) is 54.9 Å². The van der Waals surface area contributed by atoms with E-state index in [9.17, 15) is 22.8 Å². The summed E-state index contributed by atoms with van der Waals surface area (Å²) in [5, 5.41) is 13.5. The fourth-order valence-electron chi connectivity index (χ4n) is 4.40. The zero-order chi connectivity index (χ0) is 31.1. The zero-order valence-electron chi connectivity index (χ0n) is 23.6. The van der Waals surface area contributed by atoms with Crippen LogP contribution in [0, 0.1) is 0 Å². The van der Waals surface area contributed by atoms with Crippen LogP contribution < -0.4 is 4.74 Å². The Hall–Kier alpha value is -3.66. The van der Waals surface area contributed by atoms with Gasteiger partial charge in [0.15, 0.2) is 5.82 Å². The number of carbonyl (C=O) groups excluding carboxylic acids is 1. The standard InChI is InChI=1S/C28H31F3N4O7S/c1-17-22(39-2)14-23(40-3)27(41-17)43-35(24(36)12-13-25(37)38)15-18-4-6-19(7-5-18)26-32-16-34(33-26)20-8-10-21(11-9-20)42-28(29,30)31/h4-11,16-17,22-23,27H,12-15H2,1-3H3,(H,37,38)/t17-,22?,23+,27?/m0/s1. The van der Waals surface area contributed by atoms with Crippen LogP contribution in [0.3, 0.4) is 0 Å². The lowest BCUT2D eigenvalue weighted by Gasteiger charge is -2.40. The maximum Gasteiger partial charge on any atom is 0.573 e. The Kier molecular flexibility index (Phi) is 10.7. The smallest absolute Gasteiger partial charge is 0.481 e. The van der Waals surface area contributed by atoms with Crippen molar-refractivity contribution in [2.45, 2.75) is 62.8 Å². The molecule has 1 N–H and O–H groups in total. The summed E-state index contributed by atoms with van der Waals surface area (Å²) in [6.07, 6.45) is -3.99. The molecule has 232 valence electrons.